The van der Waals surface area contributed by atoms with Crippen LogP contribution < -0.4 is 10.5 Å². The molecular weight excluding hydrogens is 326 g/mol. The minimum Gasteiger partial charge on any atom is -0.338 e. The first kappa shape index (κ1) is 18.9. The van der Waals surface area contributed by atoms with Crippen molar-refractivity contribution in [3.63, 3.8) is 0 Å². The zero-order valence-corrected chi connectivity index (χ0v) is 15.2. The number of nitrogens with two attached hydrogens (primary N) is 1. The Morgan fingerprint density at radius 2 is 2.00 bits per heavy atom. The Kier molecular flexibility index (Phi) is 6.37. The quantitative estimate of drug-likeness (QED) is 0.805. The second-order valence-electron chi connectivity index (χ2n) is 6.57. The van der Waals surface area contributed by atoms with Crippen molar-refractivity contribution in [1.82, 2.24) is 9.62 Å². The fraction of sp³-hybridized carbons (Fsp3) is 0.588. The van der Waals surface area contributed by atoms with E-state index < -0.39 is 10.0 Å². The molecule has 1 saturated heterocycles. The maximum atomic E-state index is 12.4. The van der Waals surface area contributed by atoms with E-state index in [1.54, 1.807) is 29.2 Å². The van der Waals surface area contributed by atoms with Gasteiger partial charge in [-0.05, 0) is 37.8 Å². The number of hydrogen-bond donors (Lipinski definition) is 2. The SMILES string of the molecule is Cc1ccc(S(=O)(=O)NCCC(=O)N2CCC(C)CC2CN)cc1. The van der Waals surface area contributed by atoms with Crippen molar-refractivity contribution in [1.29, 1.82) is 0 Å². The van der Waals surface area contributed by atoms with Gasteiger partial charge in [-0.1, -0.05) is 24.6 Å². The van der Waals surface area contributed by atoms with Gasteiger partial charge in [-0.3, -0.25) is 4.79 Å². The predicted molar refractivity (Wildman–Crippen MR) is 93.9 cm³/mol. The molecule has 2 rings (SSSR count). The molecule has 1 aromatic rings. The van der Waals surface area contributed by atoms with Crippen LogP contribution in [0.2, 0.25) is 0 Å². The fourth-order valence-corrected chi connectivity index (χ4v) is 4.07. The molecule has 0 saturated carbocycles. The lowest BCUT2D eigenvalue weighted by atomic mass is 9.92. The van der Waals surface area contributed by atoms with E-state index in [0.717, 1.165) is 18.4 Å². The molecule has 0 bridgehead atoms. The van der Waals surface area contributed by atoms with Crippen LogP contribution in [0.15, 0.2) is 29.2 Å². The molecule has 24 heavy (non-hydrogen) atoms. The van der Waals surface area contributed by atoms with Crippen LogP contribution >= 0.6 is 0 Å². The zero-order chi connectivity index (χ0) is 17.7. The average molecular weight is 353 g/mol. The molecule has 0 aromatic heterocycles. The van der Waals surface area contributed by atoms with Gasteiger partial charge in [-0.15, -0.1) is 0 Å². The Balaban J connectivity index is 1.88. The van der Waals surface area contributed by atoms with E-state index in [2.05, 4.69) is 11.6 Å². The van der Waals surface area contributed by atoms with Gasteiger partial charge in [0.25, 0.3) is 0 Å². The molecule has 1 amide bonds. The van der Waals surface area contributed by atoms with Crippen LogP contribution in [0, 0.1) is 12.8 Å². The minimum atomic E-state index is -3.58. The van der Waals surface area contributed by atoms with E-state index in [9.17, 15) is 13.2 Å². The Bertz CT molecular complexity index is 658. The number of nitrogens with one attached hydrogen (secondary N) is 1. The van der Waals surface area contributed by atoms with Gasteiger partial charge in [-0.25, -0.2) is 13.1 Å². The molecule has 0 spiro atoms. The second kappa shape index (κ2) is 8.09. The van der Waals surface area contributed by atoms with Crippen LogP contribution in [0.5, 0.6) is 0 Å². The van der Waals surface area contributed by atoms with Crippen molar-refractivity contribution in [2.24, 2.45) is 11.7 Å². The van der Waals surface area contributed by atoms with E-state index in [4.69, 9.17) is 5.73 Å². The van der Waals surface area contributed by atoms with E-state index in [-0.39, 0.29) is 29.8 Å². The molecule has 1 aromatic carbocycles. The van der Waals surface area contributed by atoms with Crippen molar-refractivity contribution < 1.29 is 13.2 Å². The number of aryl methyl sites for hydroxylation is 1. The number of sulfonamides is 1. The second-order valence-corrected chi connectivity index (χ2v) is 8.33. The first-order valence-electron chi connectivity index (χ1n) is 8.39. The number of benzene rings is 1. The lowest BCUT2D eigenvalue weighted by molar-refractivity contribution is -0.135. The van der Waals surface area contributed by atoms with Crippen LogP contribution in [0.4, 0.5) is 0 Å². The molecule has 1 aliphatic rings. The molecule has 1 fully saturated rings. The van der Waals surface area contributed by atoms with Gasteiger partial charge in [0.2, 0.25) is 15.9 Å². The number of nitrogens with zero attached hydrogens (tertiary/aromatic N) is 1. The lowest BCUT2D eigenvalue weighted by Crippen LogP contribution is -2.49. The Hall–Kier alpha value is -1.44. The maximum absolute atomic E-state index is 12.4. The predicted octanol–water partition coefficient (Wildman–Crippen LogP) is 1.25. The topological polar surface area (TPSA) is 92.5 Å². The van der Waals surface area contributed by atoms with Crippen LogP contribution in [-0.4, -0.2) is 44.9 Å². The summed E-state index contributed by atoms with van der Waals surface area (Å²) in [6, 6.07) is 6.70. The molecule has 1 aliphatic heterocycles. The van der Waals surface area contributed by atoms with E-state index >= 15 is 0 Å². The summed E-state index contributed by atoms with van der Waals surface area (Å²) in [6.07, 6.45) is 2.03. The number of amides is 1. The summed E-state index contributed by atoms with van der Waals surface area (Å²) >= 11 is 0. The van der Waals surface area contributed by atoms with Gasteiger partial charge in [0, 0.05) is 32.1 Å². The third kappa shape index (κ3) is 4.78. The van der Waals surface area contributed by atoms with E-state index in [1.165, 1.54) is 0 Å². The summed E-state index contributed by atoms with van der Waals surface area (Å²) in [6.45, 7) is 5.31. The number of rotatable bonds is 6. The standard InChI is InChI=1S/C17H27N3O3S/c1-13-3-5-16(6-4-13)24(22,23)19-9-7-17(21)20-10-8-14(2)11-15(20)12-18/h3-6,14-15,19H,7-12,18H2,1-2H3. The Labute approximate surface area is 144 Å². The van der Waals surface area contributed by atoms with Gasteiger partial charge < -0.3 is 10.6 Å². The number of hydrogen-bond acceptors (Lipinski definition) is 4. The highest BCUT2D eigenvalue weighted by atomic mass is 32.2. The maximum Gasteiger partial charge on any atom is 0.240 e. The van der Waals surface area contributed by atoms with Crippen molar-refractivity contribution >= 4 is 15.9 Å². The van der Waals surface area contributed by atoms with Crippen LogP contribution in [0.3, 0.4) is 0 Å². The smallest absolute Gasteiger partial charge is 0.240 e. The summed E-state index contributed by atoms with van der Waals surface area (Å²) in [5, 5.41) is 0. The highest BCUT2D eigenvalue weighted by molar-refractivity contribution is 7.89. The molecule has 0 aliphatic carbocycles. The molecule has 1 heterocycles. The Morgan fingerprint density at radius 3 is 2.62 bits per heavy atom. The summed E-state index contributed by atoms with van der Waals surface area (Å²) in [5.41, 5.74) is 6.77. The number of likely N-dealkylation sites (tertiary alicyclic amines) is 1. The molecular formula is C17H27N3O3S. The van der Waals surface area contributed by atoms with Gasteiger partial charge in [0.15, 0.2) is 0 Å². The highest BCUT2D eigenvalue weighted by Gasteiger charge is 2.28. The Morgan fingerprint density at radius 1 is 1.33 bits per heavy atom. The minimum absolute atomic E-state index is 0.0380. The number of carbonyl (C=O) groups is 1. The van der Waals surface area contributed by atoms with Crippen molar-refractivity contribution in [2.75, 3.05) is 19.6 Å². The van der Waals surface area contributed by atoms with Crippen molar-refractivity contribution in [2.45, 2.75) is 44.0 Å². The summed E-state index contributed by atoms with van der Waals surface area (Å²) in [7, 11) is -3.58. The van der Waals surface area contributed by atoms with Crippen molar-refractivity contribution in [3.05, 3.63) is 29.8 Å². The lowest BCUT2D eigenvalue weighted by Gasteiger charge is -2.38. The third-order valence-corrected chi connectivity index (χ3v) is 6.01. The molecule has 134 valence electrons. The first-order chi connectivity index (χ1) is 11.3. The molecule has 7 heteroatoms. The first-order valence-corrected chi connectivity index (χ1v) is 9.87. The van der Waals surface area contributed by atoms with Gasteiger partial charge >= 0.3 is 0 Å². The van der Waals surface area contributed by atoms with E-state index in [0.29, 0.717) is 19.0 Å². The molecule has 6 nitrogen and oxygen atoms in total. The molecule has 3 N–H and O–H groups in total. The summed E-state index contributed by atoms with van der Waals surface area (Å²) in [4.78, 5) is 14.4. The third-order valence-electron chi connectivity index (χ3n) is 4.53. The van der Waals surface area contributed by atoms with Crippen LogP contribution in [0.25, 0.3) is 0 Å². The van der Waals surface area contributed by atoms with Crippen LogP contribution in [-0.2, 0) is 14.8 Å². The summed E-state index contributed by atoms with van der Waals surface area (Å²) in [5.74, 6) is 0.534. The number of carbonyl (C=O) groups excluding carboxylic acids is 1. The largest absolute Gasteiger partial charge is 0.338 e. The highest BCUT2D eigenvalue weighted by Crippen LogP contribution is 2.22. The van der Waals surface area contributed by atoms with Gasteiger partial charge in [-0.2, -0.15) is 0 Å². The van der Waals surface area contributed by atoms with Gasteiger partial charge in [0.1, 0.15) is 0 Å². The van der Waals surface area contributed by atoms with Crippen molar-refractivity contribution in [3.8, 4) is 0 Å². The van der Waals surface area contributed by atoms with Gasteiger partial charge in [0.05, 0.1) is 4.90 Å². The average Bonchev–Trinajstić information content (AvgIpc) is 2.54. The summed E-state index contributed by atoms with van der Waals surface area (Å²) < 4.78 is 26.9. The van der Waals surface area contributed by atoms with E-state index in [1.807, 2.05) is 6.92 Å². The zero-order valence-electron chi connectivity index (χ0n) is 14.4. The normalized spacial score (nSPS) is 21.7. The molecule has 0 radical (unpaired) electrons. The molecule has 2 atom stereocenters. The van der Waals surface area contributed by atoms with Crippen LogP contribution in [0.1, 0.15) is 31.7 Å². The fourth-order valence-electron chi connectivity index (χ4n) is 3.04. The monoisotopic (exact) mass is 353 g/mol. The number of piperidine rings is 1. The molecule has 2 unspecified atom stereocenters.